The minimum Gasteiger partial charge on any atom is -0.386 e. The van der Waals surface area contributed by atoms with Crippen molar-refractivity contribution in [2.45, 2.75) is 19.1 Å². The van der Waals surface area contributed by atoms with E-state index in [-0.39, 0.29) is 12.6 Å². The summed E-state index contributed by atoms with van der Waals surface area (Å²) in [6.45, 7) is 1.57. The highest BCUT2D eigenvalue weighted by molar-refractivity contribution is 7.98. The summed E-state index contributed by atoms with van der Waals surface area (Å²) < 4.78 is 26.8. The van der Waals surface area contributed by atoms with Crippen molar-refractivity contribution in [3.63, 3.8) is 0 Å². The topological polar surface area (TPSA) is 61.4 Å². The minimum absolute atomic E-state index is 0.0349. The van der Waals surface area contributed by atoms with E-state index in [2.05, 4.69) is 10.6 Å². The molecule has 0 aliphatic carbocycles. The maximum absolute atomic E-state index is 13.4. The monoisotopic (exact) mass is 304 g/mol. The van der Waals surface area contributed by atoms with Crippen LogP contribution in [-0.2, 0) is 0 Å². The molecule has 2 amide bonds. The number of benzene rings is 1. The molecule has 0 aliphatic rings. The second-order valence-electron chi connectivity index (χ2n) is 4.36. The molecule has 0 saturated carbocycles. The van der Waals surface area contributed by atoms with E-state index in [1.807, 2.05) is 13.2 Å². The SMILES string of the molecule is CSC[C@@H](C)NC(=O)NC[C@@H](O)c1c(F)cccc1F. The van der Waals surface area contributed by atoms with E-state index in [9.17, 15) is 18.7 Å². The fourth-order valence-electron chi connectivity index (χ4n) is 1.69. The number of aliphatic hydroxyl groups is 1. The van der Waals surface area contributed by atoms with E-state index >= 15 is 0 Å². The number of rotatable bonds is 6. The van der Waals surface area contributed by atoms with Gasteiger partial charge in [0.25, 0.3) is 0 Å². The van der Waals surface area contributed by atoms with Gasteiger partial charge in [-0.05, 0) is 25.3 Å². The number of carbonyl (C=O) groups is 1. The maximum atomic E-state index is 13.4. The predicted molar refractivity (Wildman–Crippen MR) is 75.7 cm³/mol. The van der Waals surface area contributed by atoms with Gasteiger partial charge in [0.15, 0.2) is 0 Å². The molecule has 0 unspecified atom stereocenters. The molecule has 4 nitrogen and oxygen atoms in total. The van der Waals surface area contributed by atoms with Gasteiger partial charge in [0.2, 0.25) is 0 Å². The molecule has 3 N–H and O–H groups in total. The van der Waals surface area contributed by atoms with Gasteiger partial charge >= 0.3 is 6.03 Å². The van der Waals surface area contributed by atoms with Crippen LogP contribution >= 0.6 is 11.8 Å². The molecule has 0 spiro atoms. The third-order valence-corrected chi connectivity index (χ3v) is 3.42. The summed E-state index contributed by atoms with van der Waals surface area (Å²) in [4.78, 5) is 11.5. The Morgan fingerprint density at radius 2 is 2.00 bits per heavy atom. The summed E-state index contributed by atoms with van der Waals surface area (Å²) in [5, 5.41) is 14.8. The largest absolute Gasteiger partial charge is 0.386 e. The van der Waals surface area contributed by atoms with E-state index in [4.69, 9.17) is 0 Å². The van der Waals surface area contributed by atoms with Crippen LogP contribution < -0.4 is 10.6 Å². The number of amides is 2. The first kappa shape index (κ1) is 16.7. The summed E-state index contributed by atoms with van der Waals surface area (Å²) in [6, 6.07) is 2.81. The van der Waals surface area contributed by atoms with Gasteiger partial charge in [-0.25, -0.2) is 13.6 Å². The molecule has 20 heavy (non-hydrogen) atoms. The number of thioether (sulfide) groups is 1. The highest BCUT2D eigenvalue weighted by Crippen LogP contribution is 2.19. The second-order valence-corrected chi connectivity index (χ2v) is 5.27. The average Bonchev–Trinajstić information content (AvgIpc) is 2.36. The fraction of sp³-hybridized carbons (Fsp3) is 0.462. The van der Waals surface area contributed by atoms with Crippen LogP contribution in [0.5, 0.6) is 0 Å². The maximum Gasteiger partial charge on any atom is 0.315 e. The van der Waals surface area contributed by atoms with Crippen LogP contribution in [0.1, 0.15) is 18.6 Å². The quantitative estimate of drug-likeness (QED) is 0.754. The Morgan fingerprint density at radius 1 is 1.40 bits per heavy atom. The van der Waals surface area contributed by atoms with Crippen molar-refractivity contribution in [2.24, 2.45) is 0 Å². The summed E-state index contributed by atoms with van der Waals surface area (Å²) in [5.74, 6) is -0.927. The molecule has 0 bridgehead atoms. The lowest BCUT2D eigenvalue weighted by atomic mass is 10.1. The van der Waals surface area contributed by atoms with Crippen molar-refractivity contribution in [1.29, 1.82) is 0 Å². The number of aliphatic hydroxyl groups excluding tert-OH is 1. The van der Waals surface area contributed by atoms with Gasteiger partial charge in [-0.1, -0.05) is 6.07 Å². The summed E-state index contributed by atoms with van der Waals surface area (Å²) in [6.07, 6.45) is 0.485. The van der Waals surface area contributed by atoms with Crippen molar-refractivity contribution in [1.82, 2.24) is 10.6 Å². The number of carbonyl (C=O) groups excluding carboxylic acids is 1. The van der Waals surface area contributed by atoms with Gasteiger partial charge in [-0.15, -0.1) is 0 Å². The highest BCUT2D eigenvalue weighted by atomic mass is 32.2. The fourth-order valence-corrected chi connectivity index (χ4v) is 2.27. The van der Waals surface area contributed by atoms with Crippen molar-refractivity contribution in [3.05, 3.63) is 35.4 Å². The van der Waals surface area contributed by atoms with Crippen LogP contribution in [0.4, 0.5) is 13.6 Å². The van der Waals surface area contributed by atoms with Crippen LogP contribution in [0.15, 0.2) is 18.2 Å². The van der Waals surface area contributed by atoms with Crippen LogP contribution in [0.3, 0.4) is 0 Å². The molecule has 1 aromatic rings. The molecule has 0 aliphatic heterocycles. The molecule has 1 aromatic carbocycles. The van der Waals surface area contributed by atoms with Crippen molar-refractivity contribution in [2.75, 3.05) is 18.6 Å². The number of halogens is 2. The zero-order valence-corrected chi connectivity index (χ0v) is 12.1. The summed E-state index contributed by atoms with van der Waals surface area (Å²) in [5.41, 5.74) is -0.440. The van der Waals surface area contributed by atoms with E-state index < -0.39 is 29.3 Å². The lowest BCUT2D eigenvalue weighted by Crippen LogP contribution is -2.43. The van der Waals surface area contributed by atoms with Crippen molar-refractivity contribution >= 4 is 17.8 Å². The van der Waals surface area contributed by atoms with Crippen LogP contribution in [-0.4, -0.2) is 35.7 Å². The second kappa shape index (κ2) is 8.06. The molecule has 1 rings (SSSR count). The molecule has 0 radical (unpaired) electrons. The zero-order chi connectivity index (χ0) is 15.1. The first-order valence-electron chi connectivity index (χ1n) is 6.11. The molecule has 112 valence electrons. The number of hydrogen-bond donors (Lipinski definition) is 3. The number of hydrogen-bond acceptors (Lipinski definition) is 3. The standard InChI is InChI=1S/C13H18F2N2O2S/c1-8(7-20-2)17-13(19)16-6-11(18)12-9(14)4-3-5-10(12)15/h3-5,8,11,18H,6-7H2,1-2H3,(H2,16,17,19)/t8-,11-/m1/s1. The van der Waals surface area contributed by atoms with Crippen LogP contribution in [0.2, 0.25) is 0 Å². The Hall–Kier alpha value is -1.34. The molecular weight excluding hydrogens is 286 g/mol. The van der Waals surface area contributed by atoms with Gasteiger partial charge in [0, 0.05) is 18.3 Å². The first-order valence-corrected chi connectivity index (χ1v) is 7.50. The van der Waals surface area contributed by atoms with E-state index in [0.29, 0.717) is 0 Å². The number of urea groups is 1. The van der Waals surface area contributed by atoms with Gasteiger partial charge in [0.1, 0.15) is 17.7 Å². The Kier molecular flexibility index (Phi) is 6.74. The molecule has 2 atom stereocenters. The number of nitrogens with one attached hydrogen (secondary N) is 2. The Morgan fingerprint density at radius 3 is 2.55 bits per heavy atom. The lowest BCUT2D eigenvalue weighted by molar-refractivity contribution is 0.164. The highest BCUT2D eigenvalue weighted by Gasteiger charge is 2.18. The van der Waals surface area contributed by atoms with Gasteiger partial charge in [-0.2, -0.15) is 11.8 Å². The lowest BCUT2D eigenvalue weighted by Gasteiger charge is -2.16. The van der Waals surface area contributed by atoms with Crippen molar-refractivity contribution in [3.8, 4) is 0 Å². The van der Waals surface area contributed by atoms with Crippen LogP contribution in [0, 0.1) is 11.6 Å². The van der Waals surface area contributed by atoms with E-state index in [0.717, 1.165) is 17.9 Å². The Balaban J connectivity index is 2.51. The zero-order valence-electron chi connectivity index (χ0n) is 11.3. The third kappa shape index (κ3) is 4.97. The summed E-state index contributed by atoms with van der Waals surface area (Å²) >= 11 is 1.59. The molecule has 0 aromatic heterocycles. The Labute approximate surface area is 120 Å². The normalized spacial score (nSPS) is 13.7. The smallest absolute Gasteiger partial charge is 0.315 e. The average molecular weight is 304 g/mol. The summed E-state index contributed by atoms with van der Waals surface area (Å²) in [7, 11) is 0. The van der Waals surface area contributed by atoms with Gasteiger partial charge < -0.3 is 15.7 Å². The van der Waals surface area contributed by atoms with Crippen molar-refractivity contribution < 1.29 is 18.7 Å². The van der Waals surface area contributed by atoms with E-state index in [1.165, 1.54) is 6.07 Å². The Bertz CT molecular complexity index is 440. The van der Waals surface area contributed by atoms with E-state index in [1.54, 1.807) is 11.8 Å². The molecular formula is C13H18F2N2O2S. The first-order chi connectivity index (χ1) is 9.45. The predicted octanol–water partition coefficient (Wildman–Crippen LogP) is 2.05. The van der Waals surface area contributed by atoms with Gasteiger partial charge in [-0.3, -0.25) is 0 Å². The molecule has 0 saturated heterocycles. The molecule has 0 fully saturated rings. The van der Waals surface area contributed by atoms with Gasteiger partial charge in [0.05, 0.1) is 5.56 Å². The third-order valence-electron chi connectivity index (χ3n) is 2.58. The minimum atomic E-state index is -1.43. The molecule has 0 heterocycles. The van der Waals surface area contributed by atoms with Crippen LogP contribution in [0.25, 0.3) is 0 Å². The molecule has 7 heteroatoms.